The van der Waals surface area contributed by atoms with Gasteiger partial charge < -0.3 is 0 Å². The summed E-state index contributed by atoms with van der Waals surface area (Å²) in [6, 6.07) is 14.8. The van der Waals surface area contributed by atoms with Crippen molar-refractivity contribution < 1.29 is 8.78 Å². The highest BCUT2D eigenvalue weighted by molar-refractivity contribution is 9.10. The summed E-state index contributed by atoms with van der Waals surface area (Å²) in [4.78, 5) is 0. The van der Waals surface area contributed by atoms with E-state index in [1.54, 1.807) is 0 Å². The Bertz CT molecular complexity index is 817. The van der Waals surface area contributed by atoms with E-state index in [2.05, 4.69) is 15.9 Å². The molecule has 0 aliphatic carbocycles. The molecule has 0 bridgehead atoms. The summed E-state index contributed by atoms with van der Waals surface area (Å²) < 4.78 is 28.1. The van der Waals surface area contributed by atoms with Crippen molar-refractivity contribution in [2.45, 2.75) is 5.38 Å². The van der Waals surface area contributed by atoms with Crippen molar-refractivity contribution in [2.75, 3.05) is 0 Å². The van der Waals surface area contributed by atoms with Crippen LogP contribution in [0.1, 0.15) is 16.5 Å². The summed E-state index contributed by atoms with van der Waals surface area (Å²) in [5.41, 5.74) is 0.879. The number of alkyl halides is 1. The molecule has 0 aliphatic heterocycles. The van der Waals surface area contributed by atoms with Gasteiger partial charge in [-0.3, -0.25) is 0 Å². The molecule has 21 heavy (non-hydrogen) atoms. The lowest BCUT2D eigenvalue weighted by Crippen LogP contribution is -1.98. The van der Waals surface area contributed by atoms with Crippen LogP contribution in [0.25, 0.3) is 10.8 Å². The van der Waals surface area contributed by atoms with Crippen molar-refractivity contribution in [1.29, 1.82) is 0 Å². The molecule has 4 heteroatoms. The molecule has 0 heterocycles. The van der Waals surface area contributed by atoms with Crippen LogP contribution in [0.5, 0.6) is 0 Å². The van der Waals surface area contributed by atoms with Gasteiger partial charge in [-0.2, -0.15) is 0 Å². The monoisotopic (exact) mass is 366 g/mol. The van der Waals surface area contributed by atoms with Crippen LogP contribution in [0.4, 0.5) is 8.78 Å². The topological polar surface area (TPSA) is 0 Å². The third-order valence-corrected chi connectivity index (χ3v) is 4.33. The number of fused-ring (bicyclic) bond motifs is 1. The number of hydrogen-bond donors (Lipinski definition) is 0. The van der Waals surface area contributed by atoms with Gasteiger partial charge in [0, 0.05) is 10.0 Å². The molecular weight excluding hydrogens is 358 g/mol. The molecule has 1 unspecified atom stereocenters. The van der Waals surface area contributed by atoms with Gasteiger partial charge in [0.25, 0.3) is 0 Å². The van der Waals surface area contributed by atoms with E-state index in [-0.39, 0.29) is 5.56 Å². The minimum absolute atomic E-state index is 0.146. The third kappa shape index (κ3) is 2.94. The minimum atomic E-state index is -0.728. The summed E-state index contributed by atoms with van der Waals surface area (Å²) in [5, 5.41) is 1.32. The average Bonchev–Trinajstić information content (AvgIpc) is 2.48. The molecule has 0 aromatic heterocycles. The van der Waals surface area contributed by atoms with Gasteiger partial charge in [0.1, 0.15) is 11.6 Å². The quantitative estimate of drug-likeness (QED) is 0.472. The highest BCUT2D eigenvalue weighted by atomic mass is 79.9. The Labute approximate surface area is 134 Å². The second-order valence-electron chi connectivity index (χ2n) is 4.78. The van der Waals surface area contributed by atoms with Crippen molar-refractivity contribution >= 4 is 38.3 Å². The van der Waals surface area contributed by atoms with Crippen molar-refractivity contribution in [3.05, 3.63) is 81.8 Å². The Balaban J connectivity index is 2.07. The molecule has 0 fully saturated rings. The SMILES string of the molecule is Fc1ccc(F)c(C(Cl)c2ccc3cc(Br)ccc3c2)c1. The number of hydrogen-bond acceptors (Lipinski definition) is 0. The molecule has 0 aliphatic rings. The summed E-state index contributed by atoms with van der Waals surface area (Å²) >= 11 is 9.74. The molecule has 0 amide bonds. The van der Waals surface area contributed by atoms with Gasteiger partial charge in [-0.1, -0.05) is 34.1 Å². The van der Waals surface area contributed by atoms with Gasteiger partial charge in [0.05, 0.1) is 5.38 Å². The van der Waals surface area contributed by atoms with Gasteiger partial charge in [-0.05, 0) is 52.7 Å². The van der Waals surface area contributed by atoms with E-state index >= 15 is 0 Å². The number of benzene rings is 3. The first-order valence-electron chi connectivity index (χ1n) is 6.33. The second-order valence-corrected chi connectivity index (χ2v) is 6.13. The van der Waals surface area contributed by atoms with Crippen molar-refractivity contribution in [1.82, 2.24) is 0 Å². The predicted octanol–water partition coefficient (Wildman–Crippen LogP) is 6.21. The van der Waals surface area contributed by atoms with Gasteiger partial charge in [0.15, 0.2) is 0 Å². The van der Waals surface area contributed by atoms with Crippen LogP contribution in [0, 0.1) is 11.6 Å². The van der Waals surface area contributed by atoms with Gasteiger partial charge in [0.2, 0.25) is 0 Å². The van der Waals surface area contributed by atoms with E-state index in [4.69, 9.17) is 11.6 Å². The van der Waals surface area contributed by atoms with Crippen LogP contribution in [0.3, 0.4) is 0 Å². The molecule has 106 valence electrons. The molecule has 3 aromatic rings. The predicted molar refractivity (Wildman–Crippen MR) is 85.7 cm³/mol. The molecule has 0 N–H and O–H groups in total. The molecule has 0 radical (unpaired) electrons. The van der Waals surface area contributed by atoms with Crippen LogP contribution in [0.2, 0.25) is 0 Å². The first-order chi connectivity index (χ1) is 10.0. The first kappa shape index (κ1) is 14.5. The van der Waals surface area contributed by atoms with Crippen LogP contribution in [-0.4, -0.2) is 0 Å². The first-order valence-corrected chi connectivity index (χ1v) is 7.56. The molecule has 3 aromatic carbocycles. The largest absolute Gasteiger partial charge is 0.207 e. The van der Waals surface area contributed by atoms with E-state index in [9.17, 15) is 8.78 Å². The zero-order valence-corrected chi connectivity index (χ0v) is 13.1. The third-order valence-electron chi connectivity index (χ3n) is 3.35. The highest BCUT2D eigenvalue weighted by Gasteiger charge is 2.16. The molecule has 1 atom stereocenters. The second kappa shape index (κ2) is 5.74. The van der Waals surface area contributed by atoms with Crippen molar-refractivity contribution in [3.63, 3.8) is 0 Å². The van der Waals surface area contributed by atoms with Crippen LogP contribution >= 0.6 is 27.5 Å². The zero-order valence-electron chi connectivity index (χ0n) is 10.8. The minimum Gasteiger partial charge on any atom is -0.207 e. The van der Waals surface area contributed by atoms with Gasteiger partial charge in [-0.15, -0.1) is 11.6 Å². The van der Waals surface area contributed by atoms with Crippen LogP contribution < -0.4 is 0 Å². The Kier molecular flexibility index (Phi) is 3.96. The summed E-state index contributed by atoms with van der Waals surface area (Å²) in [5.74, 6) is -1.01. The highest BCUT2D eigenvalue weighted by Crippen LogP contribution is 2.33. The fourth-order valence-electron chi connectivity index (χ4n) is 2.28. The number of rotatable bonds is 2. The lowest BCUT2D eigenvalue weighted by molar-refractivity contribution is 0.587. The number of halogens is 4. The summed E-state index contributed by atoms with van der Waals surface area (Å²) in [6.07, 6.45) is 0. The van der Waals surface area contributed by atoms with E-state index in [0.29, 0.717) is 0 Å². The van der Waals surface area contributed by atoms with Gasteiger partial charge >= 0.3 is 0 Å². The normalized spacial score (nSPS) is 12.6. The smallest absolute Gasteiger partial charge is 0.128 e. The Morgan fingerprint density at radius 2 is 1.57 bits per heavy atom. The molecule has 0 nitrogen and oxygen atoms in total. The lowest BCUT2D eigenvalue weighted by atomic mass is 10.0. The molecule has 0 saturated carbocycles. The standard InChI is InChI=1S/C17H10BrClF2/c18-13-4-3-10-7-12(2-1-11(10)8-13)17(19)15-9-14(20)5-6-16(15)21/h1-9,17H. The fraction of sp³-hybridized carbons (Fsp3) is 0.0588. The van der Waals surface area contributed by atoms with E-state index < -0.39 is 17.0 Å². The molecule has 3 rings (SSSR count). The van der Waals surface area contributed by atoms with Gasteiger partial charge in [-0.25, -0.2) is 8.78 Å². The summed E-state index contributed by atoms with van der Waals surface area (Å²) in [7, 11) is 0. The van der Waals surface area contributed by atoms with E-state index in [1.165, 1.54) is 0 Å². The van der Waals surface area contributed by atoms with Crippen LogP contribution in [-0.2, 0) is 0 Å². The Morgan fingerprint density at radius 1 is 0.857 bits per heavy atom. The fourth-order valence-corrected chi connectivity index (χ4v) is 2.96. The van der Waals surface area contributed by atoms with Crippen molar-refractivity contribution in [2.24, 2.45) is 0 Å². The Morgan fingerprint density at radius 3 is 2.38 bits per heavy atom. The van der Waals surface area contributed by atoms with E-state index in [1.807, 2.05) is 36.4 Å². The molecular formula is C17H10BrClF2. The average molecular weight is 368 g/mol. The lowest BCUT2D eigenvalue weighted by Gasteiger charge is -2.12. The van der Waals surface area contributed by atoms with E-state index in [0.717, 1.165) is 39.0 Å². The Hall–Kier alpha value is -1.45. The zero-order chi connectivity index (χ0) is 15.0. The van der Waals surface area contributed by atoms with Crippen LogP contribution in [0.15, 0.2) is 59.1 Å². The summed E-state index contributed by atoms with van der Waals surface area (Å²) in [6.45, 7) is 0. The maximum absolute atomic E-state index is 13.8. The molecule has 0 spiro atoms. The van der Waals surface area contributed by atoms with Crippen molar-refractivity contribution in [3.8, 4) is 0 Å². The maximum Gasteiger partial charge on any atom is 0.128 e. The maximum atomic E-state index is 13.8. The molecule has 0 saturated heterocycles.